The van der Waals surface area contributed by atoms with Crippen LogP contribution in [0.1, 0.15) is 19.3 Å². The third kappa shape index (κ3) is 4.07. The molecular formula is C13H17ClN2O4S. The lowest BCUT2D eigenvalue weighted by atomic mass is 10.0. The molecule has 1 aromatic carbocycles. The molecule has 116 valence electrons. The quantitative estimate of drug-likeness (QED) is 0.625. The largest absolute Gasteiger partial charge is 0.362 e. The fourth-order valence-corrected chi connectivity index (χ4v) is 3.94. The number of hydrogen-bond acceptors (Lipinski definition) is 5. The molecule has 8 heteroatoms. The summed E-state index contributed by atoms with van der Waals surface area (Å²) in [5.74, 6) is 0.00673. The highest BCUT2D eigenvalue weighted by molar-refractivity contribution is 7.90. The van der Waals surface area contributed by atoms with Crippen LogP contribution in [0.2, 0.25) is 5.02 Å². The van der Waals surface area contributed by atoms with Crippen LogP contribution in [0.5, 0.6) is 0 Å². The van der Waals surface area contributed by atoms with Crippen LogP contribution < -0.4 is 4.90 Å². The van der Waals surface area contributed by atoms with Gasteiger partial charge < -0.3 is 4.90 Å². The fourth-order valence-electron chi connectivity index (χ4n) is 2.73. The van der Waals surface area contributed by atoms with Crippen LogP contribution in [0.3, 0.4) is 0 Å². The van der Waals surface area contributed by atoms with E-state index in [4.69, 9.17) is 11.6 Å². The van der Waals surface area contributed by atoms with Crippen molar-refractivity contribution >= 4 is 32.8 Å². The maximum absolute atomic E-state index is 11.6. The molecular weight excluding hydrogens is 316 g/mol. The molecule has 2 rings (SSSR count). The summed E-state index contributed by atoms with van der Waals surface area (Å²) in [5, 5.41) is 11.5. The number of halogens is 1. The standard InChI is InChI=1S/C13H17ClN2O4S/c1-21(19,20)9-11-4-2-3-7-15(11)12-6-5-10(14)8-13(12)16(17)18/h5-6,8,11H,2-4,7,9H2,1H3. The molecule has 0 aliphatic carbocycles. The summed E-state index contributed by atoms with van der Waals surface area (Å²) in [5.41, 5.74) is 0.362. The van der Waals surface area contributed by atoms with Crippen molar-refractivity contribution in [1.82, 2.24) is 0 Å². The number of nitro groups is 1. The van der Waals surface area contributed by atoms with Gasteiger partial charge in [-0.05, 0) is 31.4 Å². The first kappa shape index (κ1) is 16.0. The first-order valence-electron chi connectivity index (χ1n) is 6.66. The average Bonchev–Trinajstić information content (AvgIpc) is 2.37. The van der Waals surface area contributed by atoms with Gasteiger partial charge in [0.15, 0.2) is 0 Å². The van der Waals surface area contributed by atoms with Gasteiger partial charge in [0.25, 0.3) is 5.69 Å². The summed E-state index contributed by atoms with van der Waals surface area (Å²) in [6, 6.07) is 4.27. The molecule has 1 aromatic rings. The Labute approximate surface area is 128 Å². The summed E-state index contributed by atoms with van der Waals surface area (Å²) in [4.78, 5) is 12.6. The van der Waals surface area contributed by atoms with E-state index in [1.54, 1.807) is 12.1 Å². The van der Waals surface area contributed by atoms with Crippen LogP contribution in [-0.2, 0) is 9.84 Å². The van der Waals surface area contributed by atoms with E-state index >= 15 is 0 Å². The Morgan fingerprint density at radius 2 is 2.14 bits per heavy atom. The van der Waals surface area contributed by atoms with Gasteiger partial charge in [-0.3, -0.25) is 10.1 Å². The maximum atomic E-state index is 11.6. The molecule has 1 saturated heterocycles. The zero-order valence-corrected chi connectivity index (χ0v) is 13.2. The molecule has 0 N–H and O–H groups in total. The summed E-state index contributed by atoms with van der Waals surface area (Å²) in [7, 11) is -3.14. The zero-order chi connectivity index (χ0) is 15.6. The monoisotopic (exact) mass is 332 g/mol. The van der Waals surface area contributed by atoms with Crippen molar-refractivity contribution in [3.8, 4) is 0 Å². The predicted octanol–water partition coefficient (Wildman–Crippen LogP) is 2.65. The number of sulfone groups is 1. The lowest BCUT2D eigenvalue weighted by Crippen LogP contribution is -2.43. The number of benzene rings is 1. The Balaban J connectivity index is 2.40. The summed E-state index contributed by atoms with van der Waals surface area (Å²) in [6.45, 7) is 0.614. The van der Waals surface area contributed by atoms with Gasteiger partial charge in [-0.15, -0.1) is 0 Å². The van der Waals surface area contributed by atoms with E-state index in [1.807, 2.05) is 4.90 Å². The minimum Gasteiger partial charge on any atom is -0.362 e. The molecule has 6 nitrogen and oxygen atoms in total. The van der Waals surface area contributed by atoms with Crippen molar-refractivity contribution in [1.29, 1.82) is 0 Å². The SMILES string of the molecule is CS(=O)(=O)CC1CCCCN1c1ccc(Cl)cc1[N+](=O)[O-]. The average molecular weight is 333 g/mol. The normalized spacial score (nSPS) is 19.5. The number of nitro benzene ring substituents is 1. The first-order valence-corrected chi connectivity index (χ1v) is 9.10. The number of piperidine rings is 1. The number of rotatable bonds is 4. The molecule has 1 heterocycles. The van der Waals surface area contributed by atoms with Crippen LogP contribution in [0.4, 0.5) is 11.4 Å². The fraction of sp³-hybridized carbons (Fsp3) is 0.538. The molecule has 1 atom stereocenters. The molecule has 0 amide bonds. The number of nitrogens with zero attached hydrogens (tertiary/aromatic N) is 2. The Hall–Kier alpha value is -1.34. The van der Waals surface area contributed by atoms with E-state index in [2.05, 4.69) is 0 Å². The van der Waals surface area contributed by atoms with Gasteiger partial charge in [-0.2, -0.15) is 0 Å². The second-order valence-corrected chi connectivity index (χ2v) is 7.95. The second-order valence-electron chi connectivity index (χ2n) is 5.33. The van der Waals surface area contributed by atoms with Crippen molar-refractivity contribution in [2.24, 2.45) is 0 Å². The molecule has 21 heavy (non-hydrogen) atoms. The topological polar surface area (TPSA) is 80.5 Å². The van der Waals surface area contributed by atoms with Crippen LogP contribution in [0, 0.1) is 10.1 Å². The maximum Gasteiger partial charge on any atom is 0.294 e. The van der Waals surface area contributed by atoms with Crippen molar-refractivity contribution in [3.05, 3.63) is 33.3 Å². The molecule has 0 bridgehead atoms. The Kier molecular flexibility index (Phi) is 4.73. The smallest absolute Gasteiger partial charge is 0.294 e. The molecule has 0 spiro atoms. The third-order valence-electron chi connectivity index (χ3n) is 3.57. The molecule has 1 unspecified atom stereocenters. The highest BCUT2D eigenvalue weighted by atomic mass is 35.5. The molecule has 1 aliphatic heterocycles. The van der Waals surface area contributed by atoms with E-state index in [0.717, 1.165) is 12.8 Å². The van der Waals surface area contributed by atoms with Crippen LogP contribution >= 0.6 is 11.6 Å². The van der Waals surface area contributed by atoms with Crippen molar-refractivity contribution < 1.29 is 13.3 Å². The predicted molar refractivity (Wildman–Crippen MR) is 82.8 cm³/mol. The molecule has 0 saturated carbocycles. The summed E-state index contributed by atoms with van der Waals surface area (Å²) in [6.07, 6.45) is 3.72. The Morgan fingerprint density at radius 1 is 1.43 bits per heavy atom. The van der Waals surface area contributed by atoms with E-state index < -0.39 is 14.8 Å². The lowest BCUT2D eigenvalue weighted by molar-refractivity contribution is -0.384. The first-order chi connectivity index (χ1) is 9.78. The van der Waals surface area contributed by atoms with E-state index in [9.17, 15) is 18.5 Å². The number of hydrogen-bond donors (Lipinski definition) is 0. The third-order valence-corrected chi connectivity index (χ3v) is 4.79. The highest BCUT2D eigenvalue weighted by Crippen LogP contribution is 2.35. The summed E-state index contributed by atoms with van der Waals surface area (Å²) >= 11 is 5.82. The Bertz CT molecular complexity index is 648. The van der Waals surface area contributed by atoms with Gasteiger partial charge in [-0.25, -0.2) is 8.42 Å². The second kappa shape index (κ2) is 6.19. The molecule has 0 radical (unpaired) electrons. The van der Waals surface area contributed by atoms with Crippen LogP contribution in [-0.4, -0.2) is 37.9 Å². The Morgan fingerprint density at radius 3 is 2.76 bits per heavy atom. The highest BCUT2D eigenvalue weighted by Gasteiger charge is 2.30. The van der Waals surface area contributed by atoms with Gasteiger partial charge in [0.1, 0.15) is 15.5 Å². The van der Waals surface area contributed by atoms with Crippen molar-refractivity contribution in [2.45, 2.75) is 25.3 Å². The minimum absolute atomic E-state index is 0.00673. The van der Waals surface area contributed by atoms with Gasteiger partial charge in [0.2, 0.25) is 0 Å². The minimum atomic E-state index is -3.14. The van der Waals surface area contributed by atoms with E-state index in [0.29, 0.717) is 23.7 Å². The van der Waals surface area contributed by atoms with Crippen molar-refractivity contribution in [3.63, 3.8) is 0 Å². The van der Waals surface area contributed by atoms with Gasteiger partial charge in [0, 0.05) is 29.9 Å². The summed E-state index contributed by atoms with van der Waals surface area (Å²) < 4.78 is 23.1. The van der Waals surface area contributed by atoms with Crippen molar-refractivity contribution in [2.75, 3.05) is 23.5 Å². The molecule has 0 aromatic heterocycles. The molecule has 1 aliphatic rings. The van der Waals surface area contributed by atoms with Gasteiger partial charge in [0.05, 0.1) is 10.7 Å². The molecule has 1 fully saturated rings. The van der Waals surface area contributed by atoms with Gasteiger partial charge >= 0.3 is 0 Å². The number of anilines is 1. The lowest BCUT2D eigenvalue weighted by Gasteiger charge is -2.36. The van der Waals surface area contributed by atoms with Crippen LogP contribution in [0.15, 0.2) is 18.2 Å². The zero-order valence-electron chi connectivity index (χ0n) is 11.7. The van der Waals surface area contributed by atoms with Gasteiger partial charge in [-0.1, -0.05) is 11.6 Å². The van der Waals surface area contributed by atoms with E-state index in [1.165, 1.54) is 12.3 Å². The van der Waals surface area contributed by atoms with Crippen LogP contribution in [0.25, 0.3) is 0 Å². The van der Waals surface area contributed by atoms with E-state index in [-0.39, 0.29) is 17.5 Å².